The van der Waals surface area contributed by atoms with E-state index in [1.807, 2.05) is 0 Å². The molecule has 0 aliphatic rings. The number of hydrogen-bond acceptors (Lipinski definition) is 6. The Kier molecular flexibility index (Phi) is 8.04. The minimum atomic E-state index is -0.664. The quantitative estimate of drug-likeness (QED) is 0.212. The van der Waals surface area contributed by atoms with Crippen LogP contribution in [0.1, 0.15) is 43.0 Å². The third kappa shape index (κ3) is 6.23. The van der Waals surface area contributed by atoms with Gasteiger partial charge in [0.1, 0.15) is 16.3 Å². The van der Waals surface area contributed by atoms with E-state index in [1.165, 1.54) is 19.1 Å². The van der Waals surface area contributed by atoms with Crippen LogP contribution in [0.15, 0.2) is 12.1 Å². The maximum Gasteiger partial charge on any atom is 0.302 e. The van der Waals surface area contributed by atoms with Crippen molar-refractivity contribution in [3.05, 3.63) is 32.8 Å². The molecule has 0 aliphatic heterocycles. The van der Waals surface area contributed by atoms with Gasteiger partial charge in [-0.15, -0.1) is 0 Å². The summed E-state index contributed by atoms with van der Waals surface area (Å²) in [5, 5.41) is 10.7. The van der Waals surface area contributed by atoms with Gasteiger partial charge in [0.2, 0.25) is 0 Å². The summed E-state index contributed by atoms with van der Waals surface area (Å²) in [5.41, 5.74) is -0.529. The van der Waals surface area contributed by atoms with Crippen molar-refractivity contribution in [3.8, 4) is 5.75 Å². The van der Waals surface area contributed by atoms with Crippen LogP contribution in [0.25, 0.3) is 0 Å². The molecule has 0 atom stereocenters. The van der Waals surface area contributed by atoms with Crippen molar-refractivity contribution < 1.29 is 24.0 Å². The predicted molar refractivity (Wildman–Crippen MR) is 84.1 cm³/mol. The van der Waals surface area contributed by atoms with Crippen molar-refractivity contribution >= 4 is 29.5 Å². The van der Waals surface area contributed by atoms with Crippen LogP contribution in [0.3, 0.4) is 0 Å². The first-order chi connectivity index (χ1) is 11.0. The molecule has 0 saturated heterocycles. The van der Waals surface area contributed by atoms with Crippen molar-refractivity contribution in [1.29, 1.82) is 0 Å². The fourth-order valence-electron chi connectivity index (χ4n) is 1.90. The van der Waals surface area contributed by atoms with Crippen molar-refractivity contribution in [2.75, 3.05) is 13.2 Å². The van der Waals surface area contributed by atoms with Crippen molar-refractivity contribution in [2.45, 2.75) is 32.6 Å². The van der Waals surface area contributed by atoms with Gasteiger partial charge in [0.05, 0.1) is 18.1 Å². The number of nitro groups is 1. The maximum atomic E-state index is 10.9. The van der Waals surface area contributed by atoms with Crippen LogP contribution in [0.2, 0.25) is 5.02 Å². The Morgan fingerprint density at radius 3 is 2.48 bits per heavy atom. The molecule has 0 bridgehead atoms. The molecule has 0 heterocycles. The minimum absolute atomic E-state index is 0.0518. The Morgan fingerprint density at radius 2 is 1.91 bits per heavy atom. The third-order valence-electron chi connectivity index (χ3n) is 3.04. The summed E-state index contributed by atoms with van der Waals surface area (Å²) >= 11 is 5.96. The minimum Gasteiger partial charge on any atom is -0.492 e. The van der Waals surface area contributed by atoms with Gasteiger partial charge >= 0.3 is 5.97 Å². The molecule has 1 aromatic carbocycles. The van der Waals surface area contributed by atoms with Crippen LogP contribution in [-0.2, 0) is 9.53 Å². The molecule has 7 nitrogen and oxygen atoms in total. The third-order valence-corrected chi connectivity index (χ3v) is 3.43. The molecule has 0 amide bonds. The molecule has 1 aromatic rings. The summed E-state index contributed by atoms with van der Waals surface area (Å²) in [5.74, 6) is -0.0357. The van der Waals surface area contributed by atoms with Gasteiger partial charge in [-0.1, -0.05) is 11.6 Å². The second-order valence-corrected chi connectivity index (χ2v) is 5.17. The molecule has 1 rings (SSSR count). The number of unbranched alkanes of at least 4 members (excludes halogenated alkanes) is 3. The number of esters is 1. The smallest absolute Gasteiger partial charge is 0.302 e. The summed E-state index contributed by atoms with van der Waals surface area (Å²) < 4.78 is 10.3. The molecule has 0 N–H and O–H groups in total. The first kappa shape index (κ1) is 18.9. The number of benzene rings is 1. The standard InChI is InChI=1S/C15H18ClNO6/c1-11(19)22-8-4-2-3-5-9-23-14-7-6-13(17(20)21)12(10-18)15(14)16/h6-7,10H,2-5,8-9H2,1H3. The average molecular weight is 344 g/mol. The van der Waals surface area contributed by atoms with Crippen molar-refractivity contribution in [2.24, 2.45) is 0 Å². The largest absolute Gasteiger partial charge is 0.492 e. The highest BCUT2D eigenvalue weighted by Crippen LogP contribution is 2.33. The molecule has 0 radical (unpaired) electrons. The van der Waals surface area contributed by atoms with Crippen LogP contribution >= 0.6 is 11.6 Å². The Balaban J connectivity index is 2.39. The molecule has 0 fully saturated rings. The summed E-state index contributed by atoms with van der Waals surface area (Å²) in [6, 6.07) is 2.58. The zero-order valence-corrected chi connectivity index (χ0v) is 13.5. The fourth-order valence-corrected chi connectivity index (χ4v) is 2.16. The van der Waals surface area contributed by atoms with Crippen LogP contribution in [-0.4, -0.2) is 30.4 Å². The van der Waals surface area contributed by atoms with Gasteiger partial charge in [-0.05, 0) is 31.7 Å². The number of carbonyl (C=O) groups is 2. The van der Waals surface area contributed by atoms with Gasteiger partial charge in [0.25, 0.3) is 5.69 Å². The Morgan fingerprint density at radius 1 is 1.26 bits per heavy atom. The number of nitrogens with zero attached hydrogens (tertiary/aromatic N) is 1. The Hall–Kier alpha value is -2.15. The van der Waals surface area contributed by atoms with Crippen LogP contribution in [0.4, 0.5) is 5.69 Å². The Bertz CT molecular complexity index is 575. The van der Waals surface area contributed by atoms with E-state index in [2.05, 4.69) is 0 Å². The molecule has 8 heteroatoms. The molecule has 23 heavy (non-hydrogen) atoms. The zero-order chi connectivity index (χ0) is 17.2. The highest BCUT2D eigenvalue weighted by molar-refractivity contribution is 6.34. The fraction of sp³-hybridized carbons (Fsp3) is 0.467. The summed E-state index contributed by atoms with van der Waals surface area (Å²) in [4.78, 5) is 31.6. The number of ether oxygens (including phenoxy) is 2. The van der Waals surface area contributed by atoms with E-state index in [-0.39, 0.29) is 28.0 Å². The first-order valence-corrected chi connectivity index (χ1v) is 7.53. The molecular formula is C15H18ClNO6. The molecule has 0 unspecified atom stereocenters. The first-order valence-electron chi connectivity index (χ1n) is 7.15. The normalized spacial score (nSPS) is 10.2. The maximum absolute atomic E-state index is 10.9. The van der Waals surface area contributed by atoms with Crippen LogP contribution in [0, 0.1) is 10.1 Å². The van der Waals surface area contributed by atoms with Gasteiger partial charge in [0, 0.05) is 13.0 Å². The van der Waals surface area contributed by atoms with E-state index < -0.39 is 4.92 Å². The number of nitro benzene ring substituents is 1. The summed E-state index contributed by atoms with van der Waals surface area (Å²) in [6.45, 7) is 2.16. The molecule has 0 spiro atoms. The lowest BCUT2D eigenvalue weighted by atomic mass is 10.2. The van der Waals surface area contributed by atoms with E-state index in [9.17, 15) is 19.7 Å². The topological polar surface area (TPSA) is 95.7 Å². The van der Waals surface area contributed by atoms with E-state index in [0.29, 0.717) is 19.5 Å². The lowest BCUT2D eigenvalue weighted by Gasteiger charge is -2.09. The van der Waals surface area contributed by atoms with E-state index >= 15 is 0 Å². The molecule has 0 saturated carbocycles. The van der Waals surface area contributed by atoms with Gasteiger partial charge in [0.15, 0.2) is 6.29 Å². The highest BCUT2D eigenvalue weighted by atomic mass is 35.5. The number of carbonyl (C=O) groups excluding carboxylic acids is 2. The monoisotopic (exact) mass is 343 g/mol. The number of rotatable bonds is 10. The molecule has 0 aliphatic carbocycles. The van der Waals surface area contributed by atoms with Crippen LogP contribution in [0.5, 0.6) is 5.75 Å². The zero-order valence-electron chi connectivity index (χ0n) is 12.7. The number of aldehydes is 1. The van der Waals surface area contributed by atoms with Gasteiger partial charge < -0.3 is 9.47 Å². The number of halogens is 1. The summed E-state index contributed by atoms with van der Waals surface area (Å²) in [6.07, 6.45) is 3.66. The summed E-state index contributed by atoms with van der Waals surface area (Å²) in [7, 11) is 0. The van der Waals surface area contributed by atoms with Gasteiger partial charge in [-0.3, -0.25) is 19.7 Å². The lowest BCUT2D eigenvalue weighted by molar-refractivity contribution is -0.385. The molecular weight excluding hydrogens is 326 g/mol. The molecule has 126 valence electrons. The highest BCUT2D eigenvalue weighted by Gasteiger charge is 2.19. The number of hydrogen-bond donors (Lipinski definition) is 0. The van der Waals surface area contributed by atoms with Crippen molar-refractivity contribution in [3.63, 3.8) is 0 Å². The van der Waals surface area contributed by atoms with Gasteiger partial charge in [-0.2, -0.15) is 0 Å². The second-order valence-electron chi connectivity index (χ2n) is 4.79. The molecule has 0 aromatic heterocycles. The lowest BCUT2D eigenvalue weighted by Crippen LogP contribution is -2.02. The average Bonchev–Trinajstić information content (AvgIpc) is 2.50. The van der Waals surface area contributed by atoms with Crippen LogP contribution < -0.4 is 4.74 Å². The predicted octanol–water partition coefficient (Wildman–Crippen LogP) is 3.56. The second kappa shape index (κ2) is 9.78. The Labute approximate surface area is 138 Å². The van der Waals surface area contributed by atoms with Crippen molar-refractivity contribution in [1.82, 2.24) is 0 Å². The van der Waals surface area contributed by atoms with Gasteiger partial charge in [-0.25, -0.2) is 0 Å². The SMILES string of the molecule is CC(=O)OCCCCCCOc1ccc([N+](=O)[O-])c(C=O)c1Cl. The van der Waals surface area contributed by atoms with E-state index in [1.54, 1.807) is 0 Å². The van der Waals surface area contributed by atoms with E-state index in [4.69, 9.17) is 21.1 Å². The van der Waals surface area contributed by atoms with E-state index in [0.717, 1.165) is 25.7 Å².